The molecule has 32 heavy (non-hydrogen) atoms. The fourth-order valence-corrected chi connectivity index (χ4v) is 3.37. The van der Waals surface area contributed by atoms with E-state index >= 15 is 0 Å². The Labute approximate surface area is 181 Å². The molecule has 0 spiro atoms. The number of aromatic nitrogens is 1. The van der Waals surface area contributed by atoms with Gasteiger partial charge < -0.3 is 21.6 Å². The van der Waals surface area contributed by atoms with Crippen LogP contribution in [0, 0.1) is 5.82 Å². The number of nitrogens with two attached hydrogens (primary N) is 3. The average molecular weight is 449 g/mol. The number of aliphatic hydroxyl groups is 1. The zero-order valence-corrected chi connectivity index (χ0v) is 17.2. The summed E-state index contributed by atoms with van der Waals surface area (Å²) in [5, 5.41) is 11.6. The first-order valence-electron chi connectivity index (χ1n) is 9.68. The molecular weight excluding hydrogens is 426 g/mol. The standard InChI is InChI=1S/C22H23F4N5O/c1-2-21(32,22(24,25)26)19(27)12-31(29)11-13-3-8-16-17(10-20(28)30-18(16)9-13)14-4-6-15(23)7-5-14/h3-10,12,32H,2,11,27,29H2,1H3,(H2,28,30)/b19-12-. The van der Waals surface area contributed by atoms with Crippen LogP contribution in [0.5, 0.6) is 0 Å². The third-order valence-electron chi connectivity index (χ3n) is 5.18. The number of hydrogen-bond donors (Lipinski definition) is 4. The Morgan fingerprint density at radius 2 is 1.78 bits per heavy atom. The molecule has 0 aliphatic rings. The van der Waals surface area contributed by atoms with Crippen molar-refractivity contribution in [1.29, 1.82) is 0 Å². The van der Waals surface area contributed by atoms with E-state index in [1.165, 1.54) is 19.1 Å². The van der Waals surface area contributed by atoms with Gasteiger partial charge in [-0.25, -0.2) is 15.2 Å². The van der Waals surface area contributed by atoms with E-state index in [4.69, 9.17) is 17.3 Å². The van der Waals surface area contributed by atoms with Crippen LogP contribution in [0.25, 0.3) is 22.0 Å². The lowest BCUT2D eigenvalue weighted by atomic mass is 9.96. The van der Waals surface area contributed by atoms with Crippen LogP contribution in [0.4, 0.5) is 23.4 Å². The molecule has 1 aromatic heterocycles. The molecule has 10 heteroatoms. The number of hydrazine groups is 1. The second kappa shape index (κ2) is 8.64. The maximum Gasteiger partial charge on any atom is 0.422 e. The molecule has 2 aromatic carbocycles. The first-order chi connectivity index (χ1) is 14.9. The largest absolute Gasteiger partial charge is 0.422 e. The molecule has 0 saturated heterocycles. The van der Waals surface area contributed by atoms with Crippen LogP contribution in [0.15, 0.2) is 60.4 Å². The maximum atomic E-state index is 13.3. The van der Waals surface area contributed by atoms with Gasteiger partial charge in [-0.15, -0.1) is 0 Å². The zero-order chi connectivity index (χ0) is 23.7. The second-order valence-electron chi connectivity index (χ2n) is 7.42. The van der Waals surface area contributed by atoms with Gasteiger partial charge in [0, 0.05) is 11.6 Å². The minimum absolute atomic E-state index is 0.00332. The highest BCUT2D eigenvalue weighted by atomic mass is 19.4. The van der Waals surface area contributed by atoms with Crippen molar-refractivity contribution in [3.05, 3.63) is 71.8 Å². The predicted octanol–water partition coefficient (Wildman–Crippen LogP) is 3.80. The SMILES string of the molecule is CCC(O)(/C(N)=C/N(N)Cc1ccc2c(-c3ccc(F)cc3)cc(N)nc2c1)C(F)(F)F. The van der Waals surface area contributed by atoms with Crippen molar-refractivity contribution < 1.29 is 22.7 Å². The van der Waals surface area contributed by atoms with Crippen molar-refractivity contribution in [3.63, 3.8) is 0 Å². The first-order valence-corrected chi connectivity index (χ1v) is 9.68. The van der Waals surface area contributed by atoms with Gasteiger partial charge in [0.15, 0.2) is 0 Å². The summed E-state index contributed by atoms with van der Waals surface area (Å²) in [5.41, 5.74) is 10.1. The molecule has 1 atom stereocenters. The van der Waals surface area contributed by atoms with Crippen molar-refractivity contribution in [3.8, 4) is 11.1 Å². The van der Waals surface area contributed by atoms with Gasteiger partial charge in [-0.05, 0) is 47.4 Å². The van der Waals surface area contributed by atoms with Crippen molar-refractivity contribution >= 4 is 16.7 Å². The molecule has 0 saturated carbocycles. The number of alkyl halides is 3. The van der Waals surface area contributed by atoms with Gasteiger partial charge in [0.1, 0.15) is 11.6 Å². The van der Waals surface area contributed by atoms with Crippen LogP contribution in [0.3, 0.4) is 0 Å². The van der Waals surface area contributed by atoms with Gasteiger partial charge >= 0.3 is 6.18 Å². The van der Waals surface area contributed by atoms with Crippen LogP contribution >= 0.6 is 0 Å². The minimum Gasteiger partial charge on any atom is -0.398 e. The molecule has 0 bridgehead atoms. The number of anilines is 1. The number of pyridine rings is 1. The molecule has 7 N–H and O–H groups in total. The Morgan fingerprint density at radius 3 is 2.38 bits per heavy atom. The summed E-state index contributed by atoms with van der Waals surface area (Å²) >= 11 is 0. The molecule has 170 valence electrons. The summed E-state index contributed by atoms with van der Waals surface area (Å²) in [7, 11) is 0. The molecule has 6 nitrogen and oxygen atoms in total. The Kier molecular flexibility index (Phi) is 6.29. The molecule has 0 aliphatic heterocycles. The number of nitrogen functional groups attached to an aromatic ring is 1. The van der Waals surface area contributed by atoms with Crippen LogP contribution in [0.2, 0.25) is 0 Å². The summed E-state index contributed by atoms with van der Waals surface area (Å²) in [6.07, 6.45) is -4.74. The van der Waals surface area contributed by atoms with E-state index in [0.29, 0.717) is 11.1 Å². The molecule has 0 aliphatic carbocycles. The summed E-state index contributed by atoms with van der Waals surface area (Å²) < 4.78 is 52.8. The molecular formula is C22H23F4N5O. The predicted molar refractivity (Wildman–Crippen MR) is 115 cm³/mol. The van der Waals surface area contributed by atoms with E-state index in [1.807, 2.05) is 0 Å². The summed E-state index contributed by atoms with van der Waals surface area (Å²) in [4.78, 5) is 4.31. The summed E-state index contributed by atoms with van der Waals surface area (Å²) in [6, 6.07) is 12.8. The molecule has 0 amide bonds. The van der Waals surface area contributed by atoms with Gasteiger partial charge in [-0.2, -0.15) is 13.2 Å². The number of nitrogens with zero attached hydrogens (tertiary/aromatic N) is 2. The van der Waals surface area contributed by atoms with E-state index < -0.39 is 23.9 Å². The van der Waals surface area contributed by atoms with E-state index in [9.17, 15) is 22.7 Å². The lowest BCUT2D eigenvalue weighted by Crippen LogP contribution is -2.49. The Hall–Kier alpha value is -3.37. The number of hydrogen-bond acceptors (Lipinski definition) is 6. The normalized spacial score (nSPS) is 14.4. The number of halogens is 4. The lowest BCUT2D eigenvalue weighted by molar-refractivity contribution is -0.245. The van der Waals surface area contributed by atoms with Gasteiger partial charge in [0.2, 0.25) is 5.60 Å². The Balaban J connectivity index is 1.91. The van der Waals surface area contributed by atoms with Gasteiger partial charge in [0.25, 0.3) is 0 Å². The van der Waals surface area contributed by atoms with E-state index in [2.05, 4.69) is 4.98 Å². The molecule has 3 rings (SSSR count). The fourth-order valence-electron chi connectivity index (χ4n) is 3.37. The van der Waals surface area contributed by atoms with Crippen molar-refractivity contribution in [2.75, 3.05) is 5.73 Å². The lowest BCUT2D eigenvalue weighted by Gasteiger charge is -2.30. The molecule has 0 radical (unpaired) electrons. The highest BCUT2D eigenvalue weighted by molar-refractivity contribution is 5.96. The topological polar surface area (TPSA) is 114 Å². The van der Waals surface area contributed by atoms with Crippen molar-refractivity contribution in [1.82, 2.24) is 9.99 Å². The minimum atomic E-state index is -4.94. The molecule has 1 heterocycles. The number of fused-ring (bicyclic) bond motifs is 1. The Morgan fingerprint density at radius 1 is 1.12 bits per heavy atom. The highest BCUT2D eigenvalue weighted by Gasteiger charge is 2.54. The van der Waals surface area contributed by atoms with Gasteiger partial charge in [-0.3, -0.25) is 0 Å². The zero-order valence-electron chi connectivity index (χ0n) is 17.2. The smallest absolute Gasteiger partial charge is 0.398 e. The maximum absolute atomic E-state index is 13.3. The second-order valence-corrected chi connectivity index (χ2v) is 7.42. The monoisotopic (exact) mass is 449 g/mol. The van der Waals surface area contributed by atoms with Crippen molar-refractivity contribution in [2.24, 2.45) is 11.6 Å². The third-order valence-corrected chi connectivity index (χ3v) is 5.18. The number of benzene rings is 2. The van der Waals surface area contributed by atoms with Crippen molar-refractivity contribution in [2.45, 2.75) is 31.7 Å². The Bertz CT molecular complexity index is 1150. The average Bonchev–Trinajstić information content (AvgIpc) is 2.71. The number of rotatable bonds is 6. The summed E-state index contributed by atoms with van der Waals surface area (Å²) in [5.74, 6) is 5.72. The summed E-state index contributed by atoms with van der Waals surface area (Å²) in [6.45, 7) is 1.17. The van der Waals surface area contributed by atoms with Gasteiger partial charge in [0.05, 0.1) is 17.8 Å². The highest BCUT2D eigenvalue weighted by Crippen LogP contribution is 2.37. The van der Waals surface area contributed by atoms with Crippen LogP contribution in [0.1, 0.15) is 18.9 Å². The third kappa shape index (κ3) is 4.61. The van der Waals surface area contributed by atoms with Crippen LogP contribution in [-0.4, -0.2) is 26.9 Å². The van der Waals surface area contributed by atoms with Crippen LogP contribution < -0.4 is 17.3 Å². The fraction of sp³-hybridized carbons (Fsp3) is 0.227. The first kappa shape index (κ1) is 23.3. The van der Waals surface area contributed by atoms with E-state index in [1.54, 1.807) is 36.4 Å². The molecule has 1 unspecified atom stereocenters. The van der Waals surface area contributed by atoms with Crippen LogP contribution in [-0.2, 0) is 6.54 Å². The molecule has 3 aromatic rings. The van der Waals surface area contributed by atoms with E-state index in [0.717, 1.165) is 27.7 Å². The quantitative estimate of drug-likeness (QED) is 0.259. The van der Waals surface area contributed by atoms with Gasteiger partial charge in [-0.1, -0.05) is 31.2 Å². The molecule has 0 fully saturated rings. The van der Waals surface area contributed by atoms with E-state index in [-0.39, 0.29) is 18.2 Å².